The Morgan fingerprint density at radius 1 is 1.20 bits per heavy atom. The van der Waals surface area contributed by atoms with Crippen LogP contribution in [0, 0.1) is 0 Å². The molecule has 0 atom stereocenters. The summed E-state index contributed by atoms with van der Waals surface area (Å²) < 4.78 is 4.99. The van der Waals surface area contributed by atoms with Crippen molar-refractivity contribution < 1.29 is 14.3 Å². The van der Waals surface area contributed by atoms with Crippen molar-refractivity contribution in [3.05, 3.63) is 24.3 Å². The second-order valence-electron chi connectivity index (χ2n) is 6.28. The zero-order valence-electron chi connectivity index (χ0n) is 15.3. The molecule has 138 valence electrons. The van der Waals surface area contributed by atoms with Gasteiger partial charge in [0.05, 0.1) is 17.9 Å². The maximum absolute atomic E-state index is 12.3. The number of carbonyl (C=O) groups is 2. The van der Waals surface area contributed by atoms with Gasteiger partial charge >= 0.3 is 6.09 Å². The maximum atomic E-state index is 12.3. The molecule has 25 heavy (non-hydrogen) atoms. The van der Waals surface area contributed by atoms with Crippen LogP contribution in [0.25, 0.3) is 0 Å². The fourth-order valence-electron chi connectivity index (χ4n) is 3.07. The Labute approximate surface area is 150 Å². The van der Waals surface area contributed by atoms with E-state index in [2.05, 4.69) is 24.1 Å². The minimum Gasteiger partial charge on any atom is -0.447 e. The van der Waals surface area contributed by atoms with Gasteiger partial charge in [-0.1, -0.05) is 26.0 Å². The summed E-state index contributed by atoms with van der Waals surface area (Å²) >= 11 is 0. The number of ether oxygens (including phenoxy) is 1. The number of carbonyl (C=O) groups excluding carboxylic acids is 2. The van der Waals surface area contributed by atoms with Crippen LogP contribution in [0.15, 0.2) is 24.3 Å². The summed E-state index contributed by atoms with van der Waals surface area (Å²) in [5.41, 5.74) is 1.35. The zero-order chi connectivity index (χ0) is 18.1. The van der Waals surface area contributed by atoms with Crippen LogP contribution in [0.5, 0.6) is 0 Å². The number of benzene rings is 1. The molecule has 2 rings (SSSR count). The van der Waals surface area contributed by atoms with Gasteiger partial charge in [-0.15, -0.1) is 0 Å². The number of nitrogens with zero attached hydrogens (tertiary/aromatic N) is 2. The standard InChI is InChI=1S/C19H29N3O3/c1-3-11-21(12-4-2)13-7-10-18(23)20-16-8-5-6-9-17(16)22-14-15-25-19(22)24/h5-6,8-9H,3-4,7,10-15H2,1-2H3,(H,20,23). The molecule has 1 aromatic carbocycles. The molecular weight excluding hydrogens is 318 g/mol. The van der Waals surface area contributed by atoms with Crippen molar-refractivity contribution in [2.24, 2.45) is 0 Å². The Balaban J connectivity index is 1.87. The van der Waals surface area contributed by atoms with Crippen LogP contribution < -0.4 is 10.2 Å². The maximum Gasteiger partial charge on any atom is 0.414 e. The number of anilines is 2. The summed E-state index contributed by atoms with van der Waals surface area (Å²) in [5.74, 6) is -0.0204. The first-order chi connectivity index (χ1) is 12.2. The molecule has 0 saturated carbocycles. The third-order valence-corrected chi connectivity index (χ3v) is 4.19. The molecule has 0 spiro atoms. The lowest BCUT2D eigenvalue weighted by molar-refractivity contribution is -0.116. The van der Waals surface area contributed by atoms with Crippen molar-refractivity contribution in [2.45, 2.75) is 39.5 Å². The van der Waals surface area contributed by atoms with Gasteiger partial charge in [-0.05, 0) is 51.0 Å². The number of cyclic esters (lactones) is 1. The van der Waals surface area contributed by atoms with Crippen molar-refractivity contribution in [1.82, 2.24) is 4.90 Å². The molecular formula is C19H29N3O3. The van der Waals surface area contributed by atoms with Gasteiger partial charge in [0.1, 0.15) is 6.61 Å². The van der Waals surface area contributed by atoms with Crippen molar-refractivity contribution in [1.29, 1.82) is 0 Å². The Morgan fingerprint density at radius 3 is 2.56 bits per heavy atom. The predicted molar refractivity (Wildman–Crippen MR) is 100 cm³/mol. The molecule has 6 nitrogen and oxygen atoms in total. The lowest BCUT2D eigenvalue weighted by atomic mass is 10.2. The minimum atomic E-state index is -0.364. The van der Waals surface area contributed by atoms with Crippen molar-refractivity contribution in [3.63, 3.8) is 0 Å². The van der Waals surface area contributed by atoms with Crippen LogP contribution in [0.4, 0.5) is 16.2 Å². The summed E-state index contributed by atoms with van der Waals surface area (Å²) in [6.45, 7) is 8.34. The molecule has 1 N–H and O–H groups in total. The summed E-state index contributed by atoms with van der Waals surface area (Å²) in [7, 11) is 0. The molecule has 1 heterocycles. The number of hydrogen-bond acceptors (Lipinski definition) is 4. The van der Waals surface area contributed by atoms with Crippen LogP contribution in [-0.4, -0.2) is 49.7 Å². The fourth-order valence-corrected chi connectivity index (χ4v) is 3.07. The first kappa shape index (κ1) is 19.2. The van der Waals surface area contributed by atoms with Crippen LogP contribution in [0.2, 0.25) is 0 Å². The first-order valence-electron chi connectivity index (χ1n) is 9.21. The van der Waals surface area contributed by atoms with Gasteiger partial charge in [0.2, 0.25) is 5.91 Å². The molecule has 1 saturated heterocycles. The van der Waals surface area contributed by atoms with E-state index in [0.29, 0.717) is 30.9 Å². The fraction of sp³-hybridized carbons (Fsp3) is 0.579. The van der Waals surface area contributed by atoms with E-state index in [4.69, 9.17) is 4.74 Å². The lowest BCUT2D eigenvalue weighted by Gasteiger charge is -2.21. The Hall–Kier alpha value is -2.08. The van der Waals surface area contributed by atoms with Crippen molar-refractivity contribution in [2.75, 3.05) is 43.0 Å². The van der Waals surface area contributed by atoms with Gasteiger partial charge in [0.15, 0.2) is 0 Å². The molecule has 0 aromatic heterocycles. The van der Waals surface area contributed by atoms with Gasteiger partial charge < -0.3 is 15.0 Å². The normalized spacial score (nSPS) is 14.0. The Bertz CT molecular complexity index is 571. The molecule has 2 amide bonds. The predicted octanol–water partition coefficient (Wildman–Crippen LogP) is 3.48. The number of hydrogen-bond donors (Lipinski definition) is 1. The average Bonchev–Trinajstić information content (AvgIpc) is 3.01. The number of nitrogens with one attached hydrogen (secondary N) is 1. The molecule has 1 aliphatic rings. The van der Waals surface area contributed by atoms with Gasteiger partial charge in [0, 0.05) is 6.42 Å². The summed E-state index contributed by atoms with van der Waals surface area (Å²) in [6, 6.07) is 7.35. The summed E-state index contributed by atoms with van der Waals surface area (Å²) in [6.07, 6.45) is 3.20. The SMILES string of the molecule is CCCN(CCC)CCCC(=O)Nc1ccccc1N1CCOC1=O. The van der Waals surface area contributed by atoms with Crippen molar-refractivity contribution in [3.8, 4) is 0 Å². The molecule has 0 radical (unpaired) electrons. The van der Waals surface area contributed by atoms with Crippen LogP contribution in [0.3, 0.4) is 0 Å². The van der Waals surface area contributed by atoms with E-state index in [1.807, 2.05) is 24.3 Å². The first-order valence-corrected chi connectivity index (χ1v) is 9.21. The highest BCUT2D eigenvalue weighted by atomic mass is 16.6. The highest BCUT2D eigenvalue weighted by molar-refractivity contribution is 5.99. The molecule has 0 bridgehead atoms. The van der Waals surface area contributed by atoms with Crippen LogP contribution in [0.1, 0.15) is 39.5 Å². The quantitative estimate of drug-likeness (QED) is 0.704. The van der Waals surface area contributed by atoms with E-state index in [9.17, 15) is 9.59 Å². The summed E-state index contributed by atoms with van der Waals surface area (Å²) in [5, 5.41) is 2.94. The molecule has 1 aromatic rings. The third-order valence-electron chi connectivity index (χ3n) is 4.19. The van der Waals surface area contributed by atoms with Gasteiger partial charge in [-0.3, -0.25) is 9.69 Å². The number of rotatable bonds is 10. The molecule has 1 fully saturated rings. The highest BCUT2D eigenvalue weighted by Crippen LogP contribution is 2.28. The van der Waals surface area contributed by atoms with Crippen LogP contribution in [-0.2, 0) is 9.53 Å². The van der Waals surface area contributed by atoms with E-state index >= 15 is 0 Å². The van der Waals surface area contributed by atoms with Gasteiger partial charge in [0.25, 0.3) is 0 Å². The monoisotopic (exact) mass is 347 g/mol. The molecule has 6 heteroatoms. The number of para-hydroxylation sites is 2. The smallest absolute Gasteiger partial charge is 0.414 e. The third kappa shape index (κ3) is 5.74. The minimum absolute atomic E-state index is 0.0204. The van der Waals surface area contributed by atoms with Gasteiger partial charge in [-0.25, -0.2) is 4.79 Å². The highest BCUT2D eigenvalue weighted by Gasteiger charge is 2.25. The second kappa shape index (κ2) is 10.0. The van der Waals surface area contributed by atoms with E-state index in [1.165, 1.54) is 0 Å². The van der Waals surface area contributed by atoms with Gasteiger partial charge in [-0.2, -0.15) is 0 Å². The topological polar surface area (TPSA) is 61.9 Å². The molecule has 0 aliphatic carbocycles. The second-order valence-corrected chi connectivity index (χ2v) is 6.28. The molecule has 0 unspecified atom stereocenters. The lowest BCUT2D eigenvalue weighted by Crippen LogP contribution is -2.28. The van der Waals surface area contributed by atoms with E-state index in [0.717, 1.165) is 38.9 Å². The van der Waals surface area contributed by atoms with Crippen molar-refractivity contribution >= 4 is 23.4 Å². The zero-order valence-corrected chi connectivity index (χ0v) is 15.3. The molecule has 1 aliphatic heterocycles. The van der Waals surface area contributed by atoms with E-state index in [-0.39, 0.29) is 12.0 Å². The Morgan fingerprint density at radius 2 is 1.92 bits per heavy atom. The Kier molecular flexibility index (Phi) is 7.73. The van der Waals surface area contributed by atoms with E-state index < -0.39 is 0 Å². The average molecular weight is 347 g/mol. The number of amides is 2. The summed E-state index contributed by atoms with van der Waals surface area (Å²) in [4.78, 5) is 28.0. The van der Waals surface area contributed by atoms with Crippen LogP contribution >= 0.6 is 0 Å². The van der Waals surface area contributed by atoms with E-state index in [1.54, 1.807) is 4.90 Å². The largest absolute Gasteiger partial charge is 0.447 e.